The van der Waals surface area contributed by atoms with Crippen LogP contribution in [0.1, 0.15) is 19.4 Å². The van der Waals surface area contributed by atoms with E-state index < -0.39 is 0 Å². The van der Waals surface area contributed by atoms with Gasteiger partial charge in [0.05, 0.1) is 12.7 Å². The molecule has 0 saturated carbocycles. The van der Waals surface area contributed by atoms with Gasteiger partial charge in [-0.15, -0.1) is 0 Å². The van der Waals surface area contributed by atoms with Crippen LogP contribution in [0.25, 0.3) is 0 Å². The highest BCUT2D eigenvalue weighted by molar-refractivity contribution is 5.54. The zero-order valence-electron chi connectivity index (χ0n) is 10.9. The second-order valence-corrected chi connectivity index (χ2v) is 4.80. The molecule has 1 heterocycles. The van der Waals surface area contributed by atoms with Crippen LogP contribution in [0.2, 0.25) is 0 Å². The van der Waals surface area contributed by atoms with Crippen LogP contribution >= 0.6 is 0 Å². The van der Waals surface area contributed by atoms with Gasteiger partial charge in [-0.25, -0.2) is 0 Å². The molecule has 2 unspecified atom stereocenters. The fourth-order valence-corrected chi connectivity index (χ4v) is 2.37. The van der Waals surface area contributed by atoms with Crippen LogP contribution in [0.5, 0.6) is 0 Å². The molecule has 17 heavy (non-hydrogen) atoms. The zero-order valence-corrected chi connectivity index (χ0v) is 10.9. The van der Waals surface area contributed by atoms with E-state index in [-0.39, 0.29) is 0 Å². The van der Waals surface area contributed by atoms with Crippen molar-refractivity contribution in [1.82, 2.24) is 5.32 Å². The Balaban J connectivity index is 2.25. The van der Waals surface area contributed by atoms with E-state index in [0.717, 1.165) is 19.7 Å². The SMILES string of the molecule is CNCc1ccccc1N1CC(C)OCC1C. The molecule has 0 aliphatic carbocycles. The van der Waals surface area contributed by atoms with Crippen molar-refractivity contribution >= 4 is 5.69 Å². The molecule has 94 valence electrons. The van der Waals surface area contributed by atoms with Crippen LogP contribution < -0.4 is 10.2 Å². The first kappa shape index (κ1) is 12.4. The molecule has 1 aromatic carbocycles. The van der Waals surface area contributed by atoms with Gasteiger partial charge in [0.2, 0.25) is 0 Å². The number of para-hydroxylation sites is 1. The first-order chi connectivity index (χ1) is 8.22. The van der Waals surface area contributed by atoms with Gasteiger partial charge in [0.1, 0.15) is 0 Å². The topological polar surface area (TPSA) is 24.5 Å². The van der Waals surface area contributed by atoms with E-state index in [4.69, 9.17) is 4.74 Å². The summed E-state index contributed by atoms with van der Waals surface area (Å²) >= 11 is 0. The summed E-state index contributed by atoms with van der Waals surface area (Å²) in [7, 11) is 1.99. The molecule has 0 aromatic heterocycles. The standard InChI is InChI=1S/C14H22N2O/c1-11-10-17-12(2)9-16(11)14-7-5-4-6-13(14)8-15-3/h4-7,11-12,15H,8-10H2,1-3H3. The second-order valence-electron chi connectivity index (χ2n) is 4.80. The van der Waals surface area contributed by atoms with Crippen molar-refractivity contribution in [1.29, 1.82) is 0 Å². The molecule has 1 aliphatic rings. The second kappa shape index (κ2) is 5.52. The Labute approximate surface area is 104 Å². The molecule has 1 aliphatic heterocycles. The van der Waals surface area contributed by atoms with Gasteiger partial charge in [-0.2, -0.15) is 0 Å². The normalized spacial score (nSPS) is 25.0. The maximum atomic E-state index is 5.68. The van der Waals surface area contributed by atoms with Gasteiger partial charge < -0.3 is 15.0 Å². The zero-order chi connectivity index (χ0) is 12.3. The van der Waals surface area contributed by atoms with Crippen molar-refractivity contribution in [2.24, 2.45) is 0 Å². The molecular weight excluding hydrogens is 212 g/mol. The molecule has 0 radical (unpaired) electrons. The average Bonchev–Trinajstić information content (AvgIpc) is 2.34. The molecular formula is C14H22N2O. The number of hydrogen-bond acceptors (Lipinski definition) is 3. The molecule has 3 nitrogen and oxygen atoms in total. The van der Waals surface area contributed by atoms with Crippen LogP contribution in [0.15, 0.2) is 24.3 Å². The number of ether oxygens (including phenoxy) is 1. The Morgan fingerprint density at radius 3 is 2.88 bits per heavy atom. The lowest BCUT2D eigenvalue weighted by molar-refractivity contribution is 0.0343. The number of nitrogens with one attached hydrogen (secondary N) is 1. The van der Waals surface area contributed by atoms with Gasteiger partial charge in [0.25, 0.3) is 0 Å². The molecule has 0 spiro atoms. The van der Waals surface area contributed by atoms with Crippen molar-refractivity contribution in [3.8, 4) is 0 Å². The number of hydrogen-bond donors (Lipinski definition) is 1. The quantitative estimate of drug-likeness (QED) is 0.866. The van der Waals surface area contributed by atoms with Crippen molar-refractivity contribution in [2.75, 3.05) is 25.1 Å². The summed E-state index contributed by atoms with van der Waals surface area (Å²) in [6.07, 6.45) is 0.314. The lowest BCUT2D eigenvalue weighted by Gasteiger charge is -2.39. The Bertz CT molecular complexity index is 367. The molecule has 1 fully saturated rings. The lowest BCUT2D eigenvalue weighted by Crippen LogP contribution is -2.47. The Morgan fingerprint density at radius 2 is 2.12 bits per heavy atom. The van der Waals surface area contributed by atoms with E-state index >= 15 is 0 Å². The molecule has 1 aromatic rings. The molecule has 1 N–H and O–H groups in total. The Kier molecular flexibility index (Phi) is 4.02. The highest BCUT2D eigenvalue weighted by Gasteiger charge is 2.24. The summed E-state index contributed by atoms with van der Waals surface area (Å²) < 4.78 is 5.68. The van der Waals surface area contributed by atoms with Gasteiger partial charge in [-0.1, -0.05) is 18.2 Å². The third-order valence-corrected chi connectivity index (χ3v) is 3.28. The molecule has 1 saturated heterocycles. The highest BCUT2D eigenvalue weighted by atomic mass is 16.5. The third-order valence-electron chi connectivity index (χ3n) is 3.28. The van der Waals surface area contributed by atoms with Crippen molar-refractivity contribution < 1.29 is 4.74 Å². The minimum atomic E-state index is 0.314. The van der Waals surface area contributed by atoms with Gasteiger partial charge in [0, 0.05) is 24.8 Å². The molecule has 0 bridgehead atoms. The third kappa shape index (κ3) is 2.79. The van der Waals surface area contributed by atoms with Crippen LogP contribution in [-0.4, -0.2) is 32.3 Å². The first-order valence-corrected chi connectivity index (χ1v) is 6.33. The van der Waals surface area contributed by atoms with Crippen LogP contribution in [0, 0.1) is 0 Å². The summed E-state index contributed by atoms with van der Waals surface area (Å²) in [5, 5.41) is 3.23. The smallest absolute Gasteiger partial charge is 0.0723 e. The number of anilines is 1. The van der Waals surface area contributed by atoms with E-state index in [9.17, 15) is 0 Å². The van der Waals surface area contributed by atoms with Gasteiger partial charge in [-0.3, -0.25) is 0 Å². The minimum Gasteiger partial charge on any atom is -0.375 e. The van der Waals surface area contributed by atoms with Crippen molar-refractivity contribution in [3.63, 3.8) is 0 Å². The largest absolute Gasteiger partial charge is 0.375 e. The minimum absolute atomic E-state index is 0.314. The van der Waals surface area contributed by atoms with E-state index in [2.05, 4.69) is 48.3 Å². The van der Waals surface area contributed by atoms with Crippen LogP contribution in [0.4, 0.5) is 5.69 Å². The van der Waals surface area contributed by atoms with Gasteiger partial charge >= 0.3 is 0 Å². The van der Waals surface area contributed by atoms with Crippen LogP contribution in [-0.2, 0) is 11.3 Å². The summed E-state index contributed by atoms with van der Waals surface area (Å²) in [4.78, 5) is 2.46. The number of rotatable bonds is 3. The average molecular weight is 234 g/mol. The van der Waals surface area contributed by atoms with E-state index in [0.29, 0.717) is 12.1 Å². The fraction of sp³-hybridized carbons (Fsp3) is 0.571. The predicted octanol–water partition coefficient (Wildman–Crippen LogP) is 2.02. The molecule has 3 heteroatoms. The summed E-state index contributed by atoms with van der Waals surface area (Å²) in [6.45, 7) is 7.06. The maximum Gasteiger partial charge on any atom is 0.0723 e. The predicted molar refractivity (Wildman–Crippen MR) is 71.4 cm³/mol. The number of nitrogens with zero attached hydrogens (tertiary/aromatic N) is 1. The van der Waals surface area contributed by atoms with E-state index in [1.807, 2.05) is 7.05 Å². The van der Waals surface area contributed by atoms with Gasteiger partial charge in [-0.05, 0) is 32.5 Å². The number of morpholine rings is 1. The van der Waals surface area contributed by atoms with Crippen molar-refractivity contribution in [2.45, 2.75) is 32.5 Å². The number of benzene rings is 1. The van der Waals surface area contributed by atoms with Crippen LogP contribution in [0.3, 0.4) is 0 Å². The molecule has 0 amide bonds. The maximum absolute atomic E-state index is 5.68. The monoisotopic (exact) mass is 234 g/mol. The van der Waals surface area contributed by atoms with Crippen molar-refractivity contribution in [3.05, 3.63) is 29.8 Å². The van der Waals surface area contributed by atoms with E-state index in [1.54, 1.807) is 0 Å². The summed E-state index contributed by atoms with van der Waals surface area (Å²) in [5.41, 5.74) is 2.69. The first-order valence-electron chi connectivity index (χ1n) is 6.33. The highest BCUT2D eigenvalue weighted by Crippen LogP contribution is 2.25. The Morgan fingerprint density at radius 1 is 1.35 bits per heavy atom. The lowest BCUT2D eigenvalue weighted by atomic mass is 10.1. The Hall–Kier alpha value is -1.06. The summed E-state index contributed by atoms with van der Waals surface area (Å²) in [5.74, 6) is 0. The molecule has 2 atom stereocenters. The van der Waals surface area contributed by atoms with Gasteiger partial charge in [0.15, 0.2) is 0 Å². The fourth-order valence-electron chi connectivity index (χ4n) is 2.37. The molecule has 2 rings (SSSR count). The van der Waals surface area contributed by atoms with E-state index in [1.165, 1.54) is 11.3 Å². The summed E-state index contributed by atoms with van der Waals surface area (Å²) in [6, 6.07) is 9.07.